The molecule has 1 amide bonds. The van der Waals surface area contributed by atoms with Gasteiger partial charge in [-0.05, 0) is 54.3 Å². The van der Waals surface area contributed by atoms with Crippen LogP contribution in [-0.2, 0) is 9.53 Å². The van der Waals surface area contributed by atoms with Gasteiger partial charge in [0.1, 0.15) is 15.1 Å². The summed E-state index contributed by atoms with van der Waals surface area (Å²) in [4.78, 5) is 49.4. The van der Waals surface area contributed by atoms with Crippen molar-refractivity contribution in [3.63, 3.8) is 0 Å². The number of thiophene rings is 2. The molecule has 3 aromatic heterocycles. The number of esters is 1. The molecule has 7 aromatic rings. The van der Waals surface area contributed by atoms with Gasteiger partial charge in [-0.2, -0.15) is 0 Å². The summed E-state index contributed by atoms with van der Waals surface area (Å²) in [6.45, 7) is 3.89. The van der Waals surface area contributed by atoms with Gasteiger partial charge < -0.3 is 10.1 Å². The quantitative estimate of drug-likeness (QED) is 0.0863. The molecule has 0 aliphatic carbocycles. The second-order valence-electron chi connectivity index (χ2n) is 11.4. The number of fused-ring (bicyclic) bond motifs is 1. The molecule has 50 heavy (non-hydrogen) atoms. The average Bonchev–Trinajstić information content (AvgIpc) is 3.78. The van der Waals surface area contributed by atoms with Crippen molar-refractivity contribution in [1.82, 2.24) is 9.55 Å². The number of hydrogen-bond donors (Lipinski definition) is 1. The van der Waals surface area contributed by atoms with Crippen LogP contribution in [0.2, 0.25) is 0 Å². The Labute approximate surface area is 301 Å². The monoisotopic (exact) mass is 713 g/mol. The van der Waals surface area contributed by atoms with Crippen molar-refractivity contribution in [2.45, 2.75) is 24.3 Å². The Bertz CT molecular complexity index is 2370. The fraction of sp³-hybridized carbons (Fsp3) is 0.100. The van der Waals surface area contributed by atoms with Gasteiger partial charge in [0, 0.05) is 9.75 Å². The third kappa shape index (κ3) is 6.78. The zero-order chi connectivity index (χ0) is 34.6. The van der Waals surface area contributed by atoms with Gasteiger partial charge in [0.15, 0.2) is 5.16 Å². The minimum absolute atomic E-state index is 0.199. The smallest absolute Gasteiger partial charge is 0.341 e. The number of hydrogen-bond acceptors (Lipinski definition) is 8. The van der Waals surface area contributed by atoms with E-state index in [1.807, 2.05) is 128 Å². The minimum Gasteiger partial charge on any atom is -0.462 e. The molecule has 7 nitrogen and oxygen atoms in total. The van der Waals surface area contributed by atoms with E-state index in [2.05, 4.69) is 5.32 Å². The molecule has 3 heterocycles. The molecule has 0 saturated carbocycles. The highest BCUT2D eigenvalue weighted by Crippen LogP contribution is 2.41. The van der Waals surface area contributed by atoms with E-state index in [0.717, 1.165) is 26.4 Å². The van der Waals surface area contributed by atoms with Crippen molar-refractivity contribution in [2.24, 2.45) is 0 Å². The Morgan fingerprint density at radius 2 is 1.42 bits per heavy atom. The molecule has 0 spiro atoms. The molecule has 248 valence electrons. The number of nitrogens with zero attached hydrogens (tertiary/aromatic N) is 2. The highest BCUT2D eigenvalue weighted by atomic mass is 32.2. The van der Waals surface area contributed by atoms with E-state index >= 15 is 0 Å². The summed E-state index contributed by atoms with van der Waals surface area (Å²) in [5, 5.41) is 3.50. The molecular weight excluding hydrogens is 683 g/mol. The lowest BCUT2D eigenvalue weighted by molar-refractivity contribution is -0.115. The lowest BCUT2D eigenvalue weighted by atomic mass is 10.1. The van der Waals surface area contributed by atoms with Crippen molar-refractivity contribution < 1.29 is 14.3 Å². The van der Waals surface area contributed by atoms with Crippen molar-refractivity contribution in [3.05, 3.63) is 154 Å². The predicted molar refractivity (Wildman–Crippen MR) is 205 cm³/mol. The van der Waals surface area contributed by atoms with Crippen LogP contribution in [0.3, 0.4) is 0 Å². The number of rotatable bonds is 10. The van der Waals surface area contributed by atoms with Crippen LogP contribution in [-0.4, -0.2) is 28.0 Å². The predicted octanol–water partition coefficient (Wildman–Crippen LogP) is 9.80. The fourth-order valence-electron chi connectivity index (χ4n) is 5.59. The Balaban J connectivity index is 1.34. The molecule has 1 unspecified atom stereocenters. The van der Waals surface area contributed by atoms with E-state index in [-0.39, 0.29) is 23.6 Å². The maximum Gasteiger partial charge on any atom is 0.341 e. The molecule has 1 N–H and O–H groups in total. The first-order chi connectivity index (χ1) is 24.4. The van der Waals surface area contributed by atoms with Gasteiger partial charge in [-0.25, -0.2) is 9.78 Å². The highest BCUT2D eigenvalue weighted by molar-refractivity contribution is 8.00. The first-order valence-electron chi connectivity index (χ1n) is 16.0. The van der Waals surface area contributed by atoms with Crippen molar-refractivity contribution in [1.29, 1.82) is 0 Å². The van der Waals surface area contributed by atoms with Gasteiger partial charge >= 0.3 is 5.97 Å². The maximum absolute atomic E-state index is 14.5. The normalized spacial score (nSPS) is 11.7. The summed E-state index contributed by atoms with van der Waals surface area (Å²) in [7, 11) is 0. The molecule has 0 fully saturated rings. The van der Waals surface area contributed by atoms with E-state index < -0.39 is 11.2 Å². The largest absolute Gasteiger partial charge is 0.462 e. The number of para-hydroxylation sites is 1. The summed E-state index contributed by atoms with van der Waals surface area (Å²) in [5.41, 5.74) is 4.28. The van der Waals surface area contributed by atoms with Gasteiger partial charge in [0.25, 0.3) is 5.56 Å². The number of anilines is 1. The third-order valence-electron chi connectivity index (χ3n) is 8.04. The summed E-state index contributed by atoms with van der Waals surface area (Å²) < 4.78 is 6.98. The number of carbonyl (C=O) groups is 2. The first kappa shape index (κ1) is 33.2. The topological polar surface area (TPSA) is 90.3 Å². The highest BCUT2D eigenvalue weighted by Gasteiger charge is 2.29. The van der Waals surface area contributed by atoms with Crippen LogP contribution in [0, 0.1) is 6.92 Å². The molecule has 0 saturated heterocycles. The lowest BCUT2D eigenvalue weighted by Gasteiger charge is -2.20. The molecule has 0 bridgehead atoms. The maximum atomic E-state index is 14.5. The van der Waals surface area contributed by atoms with Gasteiger partial charge in [-0.15, -0.1) is 22.7 Å². The zero-order valence-electron chi connectivity index (χ0n) is 27.2. The molecule has 0 aliphatic rings. The molecule has 10 heteroatoms. The molecule has 1 atom stereocenters. The number of nitrogens with one attached hydrogen (secondary N) is 1. The summed E-state index contributed by atoms with van der Waals surface area (Å²) >= 11 is 3.95. The van der Waals surface area contributed by atoms with Gasteiger partial charge in [0.05, 0.1) is 23.2 Å². The van der Waals surface area contributed by atoms with E-state index in [0.29, 0.717) is 31.6 Å². The molecule has 0 aliphatic heterocycles. The molecule has 4 aromatic carbocycles. The minimum atomic E-state index is -0.832. The third-order valence-corrected chi connectivity index (χ3v) is 11.4. The van der Waals surface area contributed by atoms with E-state index in [4.69, 9.17) is 9.72 Å². The fourth-order valence-corrected chi connectivity index (χ4v) is 8.83. The van der Waals surface area contributed by atoms with Crippen molar-refractivity contribution >= 4 is 61.5 Å². The van der Waals surface area contributed by atoms with Gasteiger partial charge in [-0.1, -0.05) is 121 Å². The number of carbonyl (C=O) groups excluding carboxylic acids is 2. The number of amides is 1. The molecule has 0 radical (unpaired) electrons. The first-order valence-corrected chi connectivity index (χ1v) is 18.5. The molecule has 7 rings (SSSR count). The van der Waals surface area contributed by atoms with Gasteiger partial charge in [0.2, 0.25) is 5.91 Å². The molecular formula is C40H31N3O4S3. The van der Waals surface area contributed by atoms with Crippen molar-refractivity contribution in [3.8, 4) is 26.6 Å². The Morgan fingerprint density at radius 1 is 0.820 bits per heavy atom. The second-order valence-corrected chi connectivity index (χ2v) is 14.5. The van der Waals surface area contributed by atoms with E-state index in [1.54, 1.807) is 17.6 Å². The summed E-state index contributed by atoms with van der Waals surface area (Å²) in [6, 6.07) is 40.3. The average molecular weight is 714 g/mol. The van der Waals surface area contributed by atoms with Crippen LogP contribution >= 0.6 is 34.4 Å². The second kappa shape index (κ2) is 14.7. The standard InChI is InChI=1S/C40H31N3O4S3/c1-3-47-39(46)30-24-33(27-18-9-5-10-19-27)49-37(30)41-35(44)34(28-20-11-6-12-21-28)50-40-42-36-29(23-32(48-36)26-16-7-4-8-17-26)38(45)43(40)31-22-14-13-15-25(31)2/h4-24,34H,3H2,1-2H3,(H,41,44). The number of aryl methyl sites for hydroxylation is 1. The van der Waals surface area contributed by atoms with E-state index in [1.165, 1.54) is 34.4 Å². The summed E-state index contributed by atoms with van der Waals surface area (Å²) in [6.07, 6.45) is 0. The number of ether oxygens (including phenoxy) is 1. The zero-order valence-corrected chi connectivity index (χ0v) is 29.6. The Morgan fingerprint density at radius 3 is 2.06 bits per heavy atom. The van der Waals surface area contributed by atoms with Crippen LogP contribution in [0.1, 0.15) is 33.7 Å². The van der Waals surface area contributed by atoms with Gasteiger partial charge in [-0.3, -0.25) is 14.2 Å². The summed E-state index contributed by atoms with van der Waals surface area (Å²) in [5.74, 6) is -0.882. The Hall–Kier alpha value is -5.29. The van der Waals surface area contributed by atoms with Crippen LogP contribution in [0.4, 0.5) is 5.00 Å². The van der Waals surface area contributed by atoms with Crippen LogP contribution in [0.25, 0.3) is 36.8 Å². The SMILES string of the molecule is CCOC(=O)c1cc(-c2ccccc2)sc1NC(=O)C(Sc1nc2sc(-c3ccccc3)cc2c(=O)n1-c1ccccc1C)c1ccccc1. The van der Waals surface area contributed by atoms with Crippen LogP contribution in [0.15, 0.2) is 137 Å². The van der Waals surface area contributed by atoms with Crippen LogP contribution < -0.4 is 10.9 Å². The Kier molecular flexibility index (Phi) is 9.75. The number of benzene rings is 4. The number of aromatic nitrogens is 2. The van der Waals surface area contributed by atoms with Crippen LogP contribution in [0.5, 0.6) is 0 Å². The van der Waals surface area contributed by atoms with E-state index in [9.17, 15) is 14.4 Å². The lowest BCUT2D eigenvalue weighted by Crippen LogP contribution is -2.24. The number of thioether (sulfide) groups is 1. The van der Waals surface area contributed by atoms with Crippen molar-refractivity contribution in [2.75, 3.05) is 11.9 Å².